The topological polar surface area (TPSA) is 99.6 Å². The number of halogens is 3. The minimum atomic E-state index is -4.89. The first kappa shape index (κ1) is 16.5. The molecule has 1 aliphatic heterocycles. The average Bonchev–Trinajstić information content (AvgIpc) is 3.25. The smallest absolute Gasteiger partial charge is 0.461 e. The summed E-state index contributed by atoms with van der Waals surface area (Å²) in [6.45, 7) is -0.536. The highest BCUT2D eigenvalue weighted by atomic mass is 19.4. The summed E-state index contributed by atoms with van der Waals surface area (Å²) < 4.78 is 58.0. The van der Waals surface area contributed by atoms with Crippen LogP contribution in [0.25, 0.3) is 11.6 Å². The number of alkyl halides is 3. The van der Waals surface area contributed by atoms with Crippen LogP contribution in [0.4, 0.5) is 13.2 Å². The van der Waals surface area contributed by atoms with Crippen LogP contribution in [-0.2, 0) is 20.7 Å². The predicted octanol–water partition coefficient (Wildman–Crippen LogP) is 1.64. The summed E-state index contributed by atoms with van der Waals surface area (Å²) in [5, 5.41) is 5.37. The van der Waals surface area contributed by atoms with E-state index in [2.05, 4.69) is 19.6 Å². The number of aryl methyl sites for hydroxylation is 1. The van der Waals surface area contributed by atoms with Crippen molar-refractivity contribution in [2.75, 3.05) is 13.2 Å². The lowest BCUT2D eigenvalue weighted by molar-refractivity contribution is -0.353. The van der Waals surface area contributed by atoms with E-state index in [1.54, 1.807) is 17.4 Å². The molecule has 2 aromatic heterocycles. The highest BCUT2D eigenvalue weighted by Gasteiger charge is 2.61. The van der Waals surface area contributed by atoms with E-state index in [9.17, 15) is 18.0 Å². The lowest BCUT2D eigenvalue weighted by Crippen LogP contribution is -2.59. The van der Waals surface area contributed by atoms with Crippen molar-refractivity contribution in [2.24, 2.45) is 0 Å². The molecule has 0 radical (unpaired) electrons. The molecule has 0 atom stereocenters. The van der Waals surface area contributed by atoms with Gasteiger partial charge in [0.1, 0.15) is 0 Å². The normalized spacial score (nSPS) is 17.1. The van der Waals surface area contributed by atoms with E-state index in [0.29, 0.717) is 5.76 Å². The maximum absolute atomic E-state index is 13.0. The van der Waals surface area contributed by atoms with E-state index < -0.39 is 18.0 Å². The molecule has 0 bridgehead atoms. The third-order valence-electron chi connectivity index (χ3n) is 3.15. The first-order valence-electron chi connectivity index (χ1n) is 6.92. The van der Waals surface area contributed by atoms with E-state index >= 15 is 0 Å². The molecule has 0 spiro atoms. The van der Waals surface area contributed by atoms with Crippen LogP contribution in [0.1, 0.15) is 12.3 Å². The number of rotatable bonds is 5. The van der Waals surface area contributed by atoms with Gasteiger partial charge in [0.05, 0.1) is 19.5 Å². The monoisotopic (exact) mass is 347 g/mol. The number of carbonyl (C=O) groups is 1. The highest BCUT2D eigenvalue weighted by molar-refractivity contribution is 5.76. The number of furan rings is 1. The number of nitrogens with zero attached hydrogens (tertiary/aromatic N) is 2. The summed E-state index contributed by atoms with van der Waals surface area (Å²) in [4.78, 5) is 15.8. The van der Waals surface area contributed by atoms with Gasteiger partial charge in [-0.05, 0) is 12.1 Å². The first-order valence-corrected chi connectivity index (χ1v) is 6.92. The van der Waals surface area contributed by atoms with Crippen molar-refractivity contribution < 1.29 is 36.4 Å². The molecule has 0 aliphatic carbocycles. The summed E-state index contributed by atoms with van der Waals surface area (Å²) in [6.07, 6.45) is -3.83. The van der Waals surface area contributed by atoms with E-state index in [1.165, 1.54) is 6.26 Å². The van der Waals surface area contributed by atoms with Gasteiger partial charge in [0, 0.05) is 12.8 Å². The average molecular weight is 347 g/mol. The van der Waals surface area contributed by atoms with Gasteiger partial charge in [-0.1, -0.05) is 5.16 Å². The van der Waals surface area contributed by atoms with E-state index in [0.717, 1.165) is 0 Å². The van der Waals surface area contributed by atoms with E-state index in [-0.39, 0.29) is 37.8 Å². The van der Waals surface area contributed by atoms with Crippen molar-refractivity contribution in [3.05, 3.63) is 24.3 Å². The van der Waals surface area contributed by atoms with Gasteiger partial charge >= 0.3 is 12.1 Å². The number of nitrogens with one attached hydrogen (secondary N) is 1. The second-order valence-electron chi connectivity index (χ2n) is 4.85. The molecule has 11 heteroatoms. The largest absolute Gasteiger partial charge is 0.465 e. The van der Waals surface area contributed by atoms with Gasteiger partial charge in [-0.2, -0.15) is 18.2 Å². The Hall–Kier alpha value is -2.40. The zero-order valence-electron chi connectivity index (χ0n) is 12.1. The standard InChI is InChI=1S/C13H12F3N3O5/c14-12(15,16)13(22-6-7-23-13)18-9(20)3-4-10-17-11(19-24-10)8-2-1-5-21-8/h1-2,5H,3-4,6-7H2,(H,18,20). The molecule has 1 fully saturated rings. The Morgan fingerprint density at radius 2 is 2.08 bits per heavy atom. The fourth-order valence-corrected chi connectivity index (χ4v) is 2.05. The van der Waals surface area contributed by atoms with Crippen molar-refractivity contribution in [2.45, 2.75) is 24.9 Å². The van der Waals surface area contributed by atoms with Crippen molar-refractivity contribution in [3.8, 4) is 11.6 Å². The Balaban J connectivity index is 1.58. The maximum atomic E-state index is 13.0. The summed E-state index contributed by atoms with van der Waals surface area (Å²) in [7, 11) is 0. The molecule has 2 aromatic rings. The Labute approximate surface area is 132 Å². The van der Waals surface area contributed by atoms with Gasteiger partial charge in [-0.15, -0.1) is 0 Å². The fraction of sp³-hybridized carbons (Fsp3) is 0.462. The maximum Gasteiger partial charge on any atom is 0.465 e. The van der Waals surface area contributed by atoms with Crippen LogP contribution in [-0.4, -0.2) is 41.3 Å². The van der Waals surface area contributed by atoms with E-state index in [4.69, 9.17) is 8.94 Å². The SMILES string of the molecule is O=C(CCc1nc(-c2ccco2)no1)NC1(C(F)(F)F)OCCO1. The van der Waals surface area contributed by atoms with Gasteiger partial charge in [0.25, 0.3) is 0 Å². The van der Waals surface area contributed by atoms with Gasteiger partial charge in [0.2, 0.25) is 17.6 Å². The Bertz CT molecular complexity index is 692. The zero-order valence-corrected chi connectivity index (χ0v) is 12.1. The number of ether oxygens (including phenoxy) is 2. The fourth-order valence-electron chi connectivity index (χ4n) is 2.05. The number of aromatic nitrogens is 2. The molecule has 130 valence electrons. The van der Waals surface area contributed by atoms with Gasteiger partial charge in [0.15, 0.2) is 5.76 Å². The van der Waals surface area contributed by atoms with Crippen molar-refractivity contribution in [3.63, 3.8) is 0 Å². The van der Waals surface area contributed by atoms with Crippen molar-refractivity contribution >= 4 is 5.91 Å². The molecule has 1 aliphatic rings. The lowest BCUT2D eigenvalue weighted by atomic mass is 10.3. The van der Waals surface area contributed by atoms with Gasteiger partial charge < -0.3 is 18.4 Å². The second kappa shape index (κ2) is 6.24. The first-order chi connectivity index (χ1) is 11.4. The molecule has 0 aromatic carbocycles. The van der Waals surface area contributed by atoms with Crippen LogP contribution in [0.3, 0.4) is 0 Å². The molecule has 0 saturated carbocycles. The lowest BCUT2D eigenvalue weighted by Gasteiger charge is -2.29. The van der Waals surface area contributed by atoms with Crippen LogP contribution in [0, 0.1) is 0 Å². The number of hydrogen-bond acceptors (Lipinski definition) is 7. The van der Waals surface area contributed by atoms with Gasteiger partial charge in [-0.3, -0.25) is 10.1 Å². The minimum absolute atomic E-state index is 0.0481. The Morgan fingerprint density at radius 1 is 1.33 bits per heavy atom. The quantitative estimate of drug-likeness (QED) is 0.878. The van der Waals surface area contributed by atoms with Crippen molar-refractivity contribution in [1.29, 1.82) is 0 Å². The molecule has 8 nitrogen and oxygen atoms in total. The third-order valence-corrected chi connectivity index (χ3v) is 3.15. The Morgan fingerprint density at radius 3 is 2.71 bits per heavy atom. The van der Waals surface area contributed by atoms with Gasteiger partial charge in [-0.25, -0.2) is 0 Å². The molecule has 24 heavy (non-hydrogen) atoms. The Kier molecular flexibility index (Phi) is 4.28. The number of hydrogen-bond donors (Lipinski definition) is 1. The second-order valence-corrected chi connectivity index (χ2v) is 4.85. The summed E-state index contributed by atoms with van der Waals surface area (Å²) >= 11 is 0. The van der Waals surface area contributed by atoms with Crippen LogP contribution in [0.2, 0.25) is 0 Å². The molecule has 3 rings (SSSR count). The molecule has 1 N–H and O–H groups in total. The number of amides is 1. The molecule has 0 unspecified atom stereocenters. The van der Waals surface area contributed by atoms with Crippen LogP contribution < -0.4 is 5.32 Å². The van der Waals surface area contributed by atoms with E-state index in [1.807, 2.05) is 0 Å². The third kappa shape index (κ3) is 3.26. The summed E-state index contributed by atoms with van der Waals surface area (Å²) in [6, 6.07) is 3.25. The molecular weight excluding hydrogens is 335 g/mol. The van der Waals surface area contributed by atoms with Crippen LogP contribution in [0.15, 0.2) is 27.3 Å². The molecular formula is C13H12F3N3O5. The summed E-state index contributed by atoms with van der Waals surface area (Å²) in [5.41, 5.74) is 0. The highest BCUT2D eigenvalue weighted by Crippen LogP contribution is 2.35. The van der Waals surface area contributed by atoms with Crippen LogP contribution in [0.5, 0.6) is 0 Å². The van der Waals surface area contributed by atoms with Crippen molar-refractivity contribution in [1.82, 2.24) is 15.5 Å². The minimum Gasteiger partial charge on any atom is -0.461 e. The summed E-state index contributed by atoms with van der Waals surface area (Å²) in [5.74, 6) is -3.38. The van der Waals surface area contributed by atoms with Crippen LogP contribution >= 0.6 is 0 Å². The molecule has 1 saturated heterocycles. The zero-order chi connectivity index (χ0) is 17.2. The number of carbonyl (C=O) groups excluding carboxylic acids is 1. The molecule has 1 amide bonds. The molecule has 3 heterocycles. The predicted molar refractivity (Wildman–Crippen MR) is 69.2 cm³/mol.